The second-order valence-electron chi connectivity index (χ2n) is 4.53. The van der Waals surface area contributed by atoms with Crippen LogP contribution in [0.5, 0.6) is 0 Å². The van der Waals surface area contributed by atoms with E-state index in [1.807, 2.05) is 13.1 Å². The molecule has 0 fully saturated rings. The number of hydrogen-bond acceptors (Lipinski definition) is 2. The van der Waals surface area contributed by atoms with Gasteiger partial charge in [0.15, 0.2) is 0 Å². The summed E-state index contributed by atoms with van der Waals surface area (Å²) in [4.78, 5) is 0. The lowest BCUT2D eigenvalue weighted by Crippen LogP contribution is -2.20. The maximum atomic E-state index is 13.2. The Morgan fingerprint density at radius 1 is 1.28 bits per heavy atom. The highest BCUT2D eigenvalue weighted by molar-refractivity contribution is 5.19. The Morgan fingerprint density at radius 2 is 2.11 bits per heavy atom. The molecule has 0 saturated heterocycles. The highest BCUT2D eigenvalue weighted by Crippen LogP contribution is 2.18. The number of rotatable bonds is 9. The predicted octanol–water partition coefficient (Wildman–Crippen LogP) is 3.68. The van der Waals surface area contributed by atoms with Crippen molar-refractivity contribution in [2.24, 2.45) is 0 Å². The Hall–Kier alpha value is -0.930. The van der Waals surface area contributed by atoms with Crippen LogP contribution in [0.25, 0.3) is 0 Å². The summed E-state index contributed by atoms with van der Waals surface area (Å²) in [5, 5.41) is 3.09. The van der Waals surface area contributed by atoms with Crippen molar-refractivity contribution in [2.75, 3.05) is 20.2 Å². The third kappa shape index (κ3) is 5.61. The van der Waals surface area contributed by atoms with Crippen LogP contribution in [0.2, 0.25) is 0 Å². The first-order valence-electron chi connectivity index (χ1n) is 6.79. The van der Waals surface area contributed by atoms with Crippen LogP contribution in [-0.2, 0) is 4.74 Å². The third-order valence-electron chi connectivity index (χ3n) is 2.93. The number of unbranched alkanes of at least 4 members (excludes halogenated alkanes) is 3. The van der Waals surface area contributed by atoms with Gasteiger partial charge in [-0.05, 0) is 31.2 Å². The van der Waals surface area contributed by atoms with Gasteiger partial charge in [-0.25, -0.2) is 4.39 Å². The first-order valence-corrected chi connectivity index (χ1v) is 6.79. The average molecular weight is 253 g/mol. The molecule has 102 valence electrons. The van der Waals surface area contributed by atoms with E-state index in [9.17, 15) is 4.39 Å². The molecule has 0 aliphatic carbocycles. The van der Waals surface area contributed by atoms with E-state index in [4.69, 9.17) is 4.74 Å². The van der Waals surface area contributed by atoms with Gasteiger partial charge in [0.2, 0.25) is 0 Å². The Morgan fingerprint density at radius 3 is 2.78 bits per heavy atom. The maximum Gasteiger partial charge on any atom is 0.123 e. The van der Waals surface area contributed by atoms with Crippen molar-refractivity contribution >= 4 is 0 Å². The zero-order valence-corrected chi connectivity index (χ0v) is 11.4. The molecule has 1 rings (SSSR count). The number of nitrogens with one attached hydrogen (secondary N) is 1. The summed E-state index contributed by atoms with van der Waals surface area (Å²) in [5.41, 5.74) is 0.903. The normalized spacial score (nSPS) is 12.6. The molecule has 1 N–H and O–H groups in total. The van der Waals surface area contributed by atoms with Gasteiger partial charge in [-0.15, -0.1) is 0 Å². The minimum atomic E-state index is -0.205. The molecule has 0 aromatic heterocycles. The van der Waals surface area contributed by atoms with Crippen LogP contribution in [0.15, 0.2) is 24.3 Å². The van der Waals surface area contributed by atoms with Crippen molar-refractivity contribution in [3.8, 4) is 0 Å². The van der Waals surface area contributed by atoms with Crippen molar-refractivity contribution in [1.29, 1.82) is 0 Å². The molecule has 2 nitrogen and oxygen atoms in total. The van der Waals surface area contributed by atoms with Crippen LogP contribution in [0.4, 0.5) is 4.39 Å². The molecule has 18 heavy (non-hydrogen) atoms. The van der Waals surface area contributed by atoms with E-state index in [0.29, 0.717) is 6.54 Å². The predicted molar refractivity (Wildman–Crippen MR) is 73.2 cm³/mol. The van der Waals surface area contributed by atoms with Gasteiger partial charge in [-0.1, -0.05) is 38.3 Å². The first-order chi connectivity index (χ1) is 8.77. The lowest BCUT2D eigenvalue weighted by atomic mass is 10.1. The molecule has 3 heteroatoms. The minimum absolute atomic E-state index is 0.0627. The highest BCUT2D eigenvalue weighted by Gasteiger charge is 2.11. The number of halogens is 1. The molecule has 0 aliphatic heterocycles. The Kier molecular flexibility index (Phi) is 7.62. The van der Waals surface area contributed by atoms with Gasteiger partial charge in [-0.2, -0.15) is 0 Å². The number of benzene rings is 1. The third-order valence-corrected chi connectivity index (χ3v) is 2.93. The van der Waals surface area contributed by atoms with Crippen LogP contribution in [0.1, 0.15) is 44.3 Å². The topological polar surface area (TPSA) is 21.3 Å². The second kappa shape index (κ2) is 9.06. The maximum absolute atomic E-state index is 13.2. The van der Waals surface area contributed by atoms with E-state index < -0.39 is 0 Å². The van der Waals surface area contributed by atoms with Crippen molar-refractivity contribution in [3.05, 3.63) is 35.6 Å². The summed E-state index contributed by atoms with van der Waals surface area (Å²) in [5.74, 6) is -0.205. The van der Waals surface area contributed by atoms with Crippen molar-refractivity contribution < 1.29 is 9.13 Å². The summed E-state index contributed by atoms with van der Waals surface area (Å²) in [6.07, 6.45) is 4.69. The van der Waals surface area contributed by atoms with Gasteiger partial charge >= 0.3 is 0 Å². The standard InChI is InChI=1S/C15H24FNO/c1-3-4-5-6-10-18-15(12-17-2)13-8-7-9-14(16)11-13/h7-9,11,15,17H,3-6,10,12H2,1-2H3. The molecule has 0 heterocycles. The fourth-order valence-electron chi connectivity index (χ4n) is 1.92. The molecule has 1 atom stereocenters. The molecule has 0 aliphatic rings. The Bertz CT molecular complexity index is 330. The lowest BCUT2D eigenvalue weighted by molar-refractivity contribution is 0.0509. The fourth-order valence-corrected chi connectivity index (χ4v) is 1.92. The molecule has 0 amide bonds. The molecular formula is C15H24FNO. The van der Waals surface area contributed by atoms with Gasteiger partial charge in [0.05, 0.1) is 6.10 Å². The summed E-state index contributed by atoms with van der Waals surface area (Å²) in [7, 11) is 1.88. The van der Waals surface area contributed by atoms with Gasteiger partial charge < -0.3 is 10.1 Å². The molecule has 0 radical (unpaired) electrons. The Balaban J connectivity index is 2.44. The lowest BCUT2D eigenvalue weighted by Gasteiger charge is -2.18. The molecular weight excluding hydrogens is 229 g/mol. The van der Waals surface area contributed by atoms with E-state index in [-0.39, 0.29) is 11.9 Å². The molecule has 1 aromatic rings. The summed E-state index contributed by atoms with van der Waals surface area (Å²) in [6.45, 7) is 3.64. The monoisotopic (exact) mass is 253 g/mol. The Labute approximate surface area is 110 Å². The summed E-state index contributed by atoms with van der Waals surface area (Å²) < 4.78 is 19.0. The average Bonchev–Trinajstić information content (AvgIpc) is 2.37. The van der Waals surface area contributed by atoms with Crippen LogP contribution in [-0.4, -0.2) is 20.2 Å². The second-order valence-corrected chi connectivity index (χ2v) is 4.53. The van der Waals surface area contributed by atoms with Crippen molar-refractivity contribution in [3.63, 3.8) is 0 Å². The molecule has 0 saturated carbocycles. The molecule has 1 aromatic carbocycles. The quantitative estimate of drug-likeness (QED) is 0.678. The zero-order chi connectivity index (χ0) is 13.2. The first kappa shape index (κ1) is 15.1. The number of hydrogen-bond donors (Lipinski definition) is 1. The molecule has 1 unspecified atom stereocenters. The van der Waals surface area contributed by atoms with Crippen LogP contribution < -0.4 is 5.32 Å². The van der Waals surface area contributed by atoms with Crippen LogP contribution in [0, 0.1) is 5.82 Å². The van der Waals surface area contributed by atoms with Gasteiger partial charge in [0.1, 0.15) is 5.82 Å². The van der Waals surface area contributed by atoms with Crippen LogP contribution in [0.3, 0.4) is 0 Å². The van der Waals surface area contributed by atoms with Gasteiger partial charge in [-0.3, -0.25) is 0 Å². The smallest absolute Gasteiger partial charge is 0.123 e. The van der Waals surface area contributed by atoms with Crippen LogP contribution >= 0.6 is 0 Å². The van der Waals surface area contributed by atoms with E-state index in [1.54, 1.807) is 12.1 Å². The SMILES string of the molecule is CCCCCCOC(CNC)c1cccc(F)c1. The fraction of sp³-hybridized carbons (Fsp3) is 0.600. The number of likely N-dealkylation sites (N-methyl/N-ethyl adjacent to an activating group) is 1. The van der Waals surface area contributed by atoms with Crippen molar-refractivity contribution in [1.82, 2.24) is 5.32 Å². The zero-order valence-electron chi connectivity index (χ0n) is 11.4. The molecule has 0 spiro atoms. The molecule has 0 bridgehead atoms. The van der Waals surface area contributed by atoms with E-state index in [0.717, 1.165) is 18.6 Å². The van der Waals surface area contributed by atoms with E-state index in [1.165, 1.54) is 25.3 Å². The highest BCUT2D eigenvalue weighted by atomic mass is 19.1. The minimum Gasteiger partial charge on any atom is -0.372 e. The summed E-state index contributed by atoms with van der Waals surface area (Å²) >= 11 is 0. The van der Waals surface area contributed by atoms with E-state index in [2.05, 4.69) is 12.2 Å². The van der Waals surface area contributed by atoms with Gasteiger partial charge in [0.25, 0.3) is 0 Å². The van der Waals surface area contributed by atoms with E-state index >= 15 is 0 Å². The van der Waals surface area contributed by atoms with Gasteiger partial charge in [0, 0.05) is 13.2 Å². The number of ether oxygens (including phenoxy) is 1. The largest absolute Gasteiger partial charge is 0.372 e. The van der Waals surface area contributed by atoms with Crippen molar-refractivity contribution in [2.45, 2.75) is 38.7 Å². The summed E-state index contributed by atoms with van der Waals surface area (Å²) in [6, 6.07) is 6.65.